The van der Waals surface area contributed by atoms with Crippen molar-refractivity contribution < 1.29 is 9.59 Å². The number of nitrogens with two attached hydrogens (primary N) is 1. The topological polar surface area (TPSA) is 85.1 Å². The molecule has 17 heavy (non-hydrogen) atoms. The van der Waals surface area contributed by atoms with E-state index in [0.717, 1.165) is 0 Å². The summed E-state index contributed by atoms with van der Waals surface area (Å²) in [4.78, 5) is 26.5. The number of benzene rings is 1. The maximum atomic E-state index is 11.7. The second kappa shape index (κ2) is 4.75. The van der Waals surface area contributed by atoms with E-state index in [9.17, 15) is 9.59 Å². The van der Waals surface area contributed by atoms with Crippen molar-refractivity contribution in [1.82, 2.24) is 4.98 Å². The van der Waals surface area contributed by atoms with Crippen molar-refractivity contribution in [1.29, 1.82) is 0 Å². The molecule has 2 amide bonds. The number of carbonyl (C=O) groups is 2. The Morgan fingerprint density at radius 3 is 2.82 bits per heavy atom. The van der Waals surface area contributed by atoms with E-state index in [1.54, 1.807) is 29.1 Å². The highest BCUT2D eigenvalue weighted by Crippen LogP contribution is 2.12. The molecule has 1 aromatic carbocycles. The zero-order valence-electron chi connectivity index (χ0n) is 8.71. The van der Waals surface area contributed by atoms with E-state index in [2.05, 4.69) is 10.3 Å². The Morgan fingerprint density at radius 1 is 1.35 bits per heavy atom. The fraction of sp³-hybridized carbons (Fsp3) is 0. The maximum Gasteiger partial charge on any atom is 0.275 e. The molecular weight excluding hydrogens is 238 g/mol. The lowest BCUT2D eigenvalue weighted by molar-refractivity contribution is 0.0995. The second-order valence-corrected chi connectivity index (χ2v) is 3.99. The molecule has 0 bridgehead atoms. The number of nitrogens with zero attached hydrogens (tertiary/aromatic N) is 1. The predicted octanol–water partition coefficient (Wildman–Crippen LogP) is 1.49. The van der Waals surface area contributed by atoms with Gasteiger partial charge in [-0.15, -0.1) is 11.3 Å². The molecular formula is C11H9N3O2S. The van der Waals surface area contributed by atoms with Gasteiger partial charge >= 0.3 is 0 Å². The van der Waals surface area contributed by atoms with Gasteiger partial charge in [-0.2, -0.15) is 0 Å². The molecule has 0 atom stereocenters. The van der Waals surface area contributed by atoms with Crippen LogP contribution in [0, 0.1) is 0 Å². The third-order valence-electron chi connectivity index (χ3n) is 2.07. The molecule has 5 nitrogen and oxygen atoms in total. The lowest BCUT2D eigenvalue weighted by Gasteiger charge is -2.04. The number of primary amides is 1. The Hall–Kier alpha value is -2.21. The van der Waals surface area contributed by atoms with Crippen LogP contribution in [0.4, 0.5) is 5.69 Å². The average Bonchev–Trinajstić information content (AvgIpc) is 2.82. The first-order chi connectivity index (χ1) is 8.16. The zero-order chi connectivity index (χ0) is 12.3. The molecule has 0 spiro atoms. The van der Waals surface area contributed by atoms with Gasteiger partial charge in [0.1, 0.15) is 5.69 Å². The van der Waals surface area contributed by atoms with Crippen LogP contribution >= 0.6 is 11.3 Å². The van der Waals surface area contributed by atoms with Crippen LogP contribution in [0.5, 0.6) is 0 Å². The molecule has 6 heteroatoms. The standard InChI is InChI=1S/C11H9N3O2S/c12-10(15)7-2-1-3-8(4-7)14-11(16)9-5-17-6-13-9/h1-6H,(H2,12,15)(H,14,16). The van der Waals surface area contributed by atoms with Gasteiger partial charge < -0.3 is 11.1 Å². The van der Waals surface area contributed by atoms with Crippen molar-refractivity contribution in [3.63, 3.8) is 0 Å². The number of nitrogens with one attached hydrogen (secondary N) is 1. The van der Waals surface area contributed by atoms with E-state index in [0.29, 0.717) is 16.9 Å². The third kappa shape index (κ3) is 2.67. The number of thiazole rings is 1. The molecule has 0 fully saturated rings. The smallest absolute Gasteiger partial charge is 0.275 e. The summed E-state index contributed by atoms with van der Waals surface area (Å²) >= 11 is 1.34. The molecule has 0 radical (unpaired) electrons. The first kappa shape index (κ1) is 11.3. The van der Waals surface area contributed by atoms with Gasteiger partial charge in [0.05, 0.1) is 5.51 Å². The van der Waals surface area contributed by atoms with Crippen LogP contribution in [0.15, 0.2) is 35.2 Å². The van der Waals surface area contributed by atoms with Crippen molar-refractivity contribution in [2.24, 2.45) is 5.73 Å². The summed E-state index contributed by atoms with van der Waals surface area (Å²) in [5, 5.41) is 4.28. The summed E-state index contributed by atoms with van der Waals surface area (Å²) in [7, 11) is 0. The van der Waals surface area contributed by atoms with Gasteiger partial charge in [0.25, 0.3) is 5.91 Å². The highest BCUT2D eigenvalue weighted by atomic mass is 32.1. The Balaban J connectivity index is 2.16. The number of carbonyl (C=O) groups excluding carboxylic acids is 2. The van der Waals surface area contributed by atoms with Crippen molar-refractivity contribution in [3.8, 4) is 0 Å². The van der Waals surface area contributed by atoms with Gasteiger partial charge in [0.15, 0.2) is 0 Å². The van der Waals surface area contributed by atoms with Gasteiger partial charge in [-0.3, -0.25) is 9.59 Å². The minimum absolute atomic E-state index is 0.312. The molecule has 0 unspecified atom stereocenters. The molecule has 0 aliphatic carbocycles. The van der Waals surface area contributed by atoms with E-state index >= 15 is 0 Å². The molecule has 0 saturated carbocycles. The van der Waals surface area contributed by atoms with E-state index < -0.39 is 5.91 Å². The van der Waals surface area contributed by atoms with Crippen molar-refractivity contribution in [2.45, 2.75) is 0 Å². The molecule has 0 saturated heterocycles. The van der Waals surface area contributed by atoms with Gasteiger partial charge in [0, 0.05) is 16.6 Å². The largest absolute Gasteiger partial charge is 0.366 e. The maximum absolute atomic E-state index is 11.7. The highest BCUT2D eigenvalue weighted by Gasteiger charge is 2.08. The first-order valence-electron chi connectivity index (χ1n) is 4.76. The molecule has 2 rings (SSSR count). The molecule has 3 N–H and O–H groups in total. The van der Waals surface area contributed by atoms with Crippen LogP contribution < -0.4 is 11.1 Å². The number of anilines is 1. The van der Waals surface area contributed by atoms with E-state index in [1.807, 2.05) is 0 Å². The van der Waals surface area contributed by atoms with Gasteiger partial charge in [-0.05, 0) is 18.2 Å². The predicted molar refractivity (Wildman–Crippen MR) is 65.0 cm³/mol. The molecule has 86 valence electrons. The van der Waals surface area contributed by atoms with E-state index in [4.69, 9.17) is 5.73 Å². The normalized spacial score (nSPS) is 9.88. The summed E-state index contributed by atoms with van der Waals surface area (Å²) in [6.07, 6.45) is 0. The number of hydrogen-bond donors (Lipinski definition) is 2. The Morgan fingerprint density at radius 2 is 2.18 bits per heavy atom. The number of amides is 2. The molecule has 1 aromatic heterocycles. The summed E-state index contributed by atoms with van der Waals surface area (Å²) in [5.74, 6) is -0.845. The average molecular weight is 247 g/mol. The highest BCUT2D eigenvalue weighted by molar-refractivity contribution is 7.07. The summed E-state index contributed by atoms with van der Waals surface area (Å²) in [6.45, 7) is 0. The monoisotopic (exact) mass is 247 g/mol. The first-order valence-corrected chi connectivity index (χ1v) is 5.70. The molecule has 1 heterocycles. The second-order valence-electron chi connectivity index (χ2n) is 3.27. The van der Waals surface area contributed by atoms with Gasteiger partial charge in [-0.25, -0.2) is 4.98 Å². The van der Waals surface area contributed by atoms with Crippen LogP contribution in [0.1, 0.15) is 20.8 Å². The van der Waals surface area contributed by atoms with Crippen LogP contribution in [-0.4, -0.2) is 16.8 Å². The van der Waals surface area contributed by atoms with Gasteiger partial charge in [0.2, 0.25) is 5.91 Å². The lowest BCUT2D eigenvalue weighted by atomic mass is 10.2. The fourth-order valence-corrected chi connectivity index (χ4v) is 1.80. The summed E-state index contributed by atoms with van der Waals surface area (Å²) < 4.78 is 0. The van der Waals surface area contributed by atoms with Crippen LogP contribution in [-0.2, 0) is 0 Å². The summed E-state index contributed by atoms with van der Waals surface area (Å²) in [6, 6.07) is 6.43. The minimum atomic E-state index is -0.533. The van der Waals surface area contributed by atoms with Crippen LogP contribution in [0.2, 0.25) is 0 Å². The third-order valence-corrected chi connectivity index (χ3v) is 2.66. The van der Waals surface area contributed by atoms with Gasteiger partial charge in [-0.1, -0.05) is 6.07 Å². The van der Waals surface area contributed by atoms with E-state index in [-0.39, 0.29) is 5.91 Å². The molecule has 0 aliphatic rings. The van der Waals surface area contributed by atoms with Crippen molar-refractivity contribution in [3.05, 3.63) is 46.4 Å². The number of rotatable bonds is 3. The Labute approximate surface area is 101 Å². The zero-order valence-corrected chi connectivity index (χ0v) is 9.53. The molecule has 2 aromatic rings. The quantitative estimate of drug-likeness (QED) is 0.861. The number of hydrogen-bond acceptors (Lipinski definition) is 4. The van der Waals surface area contributed by atoms with Crippen molar-refractivity contribution >= 4 is 28.8 Å². The number of aromatic nitrogens is 1. The summed E-state index contributed by atoms with van der Waals surface area (Å²) in [5.41, 5.74) is 7.93. The fourth-order valence-electron chi connectivity index (χ4n) is 1.27. The molecule has 0 aliphatic heterocycles. The Bertz CT molecular complexity index is 552. The van der Waals surface area contributed by atoms with Crippen LogP contribution in [0.3, 0.4) is 0 Å². The van der Waals surface area contributed by atoms with E-state index in [1.165, 1.54) is 17.4 Å². The SMILES string of the molecule is NC(=O)c1cccc(NC(=O)c2cscn2)c1. The Kier molecular flexibility index (Phi) is 3.15. The van der Waals surface area contributed by atoms with Crippen LogP contribution in [0.25, 0.3) is 0 Å². The van der Waals surface area contributed by atoms with Crippen molar-refractivity contribution in [2.75, 3.05) is 5.32 Å². The minimum Gasteiger partial charge on any atom is -0.366 e. The lowest BCUT2D eigenvalue weighted by Crippen LogP contribution is -2.14.